The van der Waals surface area contributed by atoms with E-state index in [4.69, 9.17) is 5.11 Å². The van der Waals surface area contributed by atoms with Crippen LogP contribution in [0.15, 0.2) is 24.3 Å². The summed E-state index contributed by atoms with van der Waals surface area (Å²) in [5, 5.41) is 21.7. The van der Waals surface area contributed by atoms with Gasteiger partial charge in [-0.25, -0.2) is 8.42 Å². The maximum Gasteiger partial charge on any atom is 0.320 e. The first kappa shape index (κ1) is 13.0. The summed E-state index contributed by atoms with van der Waals surface area (Å²) in [6.07, 6.45) is 0. The highest BCUT2D eigenvalue weighted by molar-refractivity contribution is 7.93. The second-order valence-electron chi connectivity index (χ2n) is 3.57. The van der Waals surface area contributed by atoms with Crippen LogP contribution in [0.5, 0.6) is 0 Å². The van der Waals surface area contributed by atoms with Crippen molar-refractivity contribution in [2.45, 2.75) is 0 Å². The van der Waals surface area contributed by atoms with Gasteiger partial charge in [0.15, 0.2) is 5.75 Å². The number of aliphatic carboxylic acids is 1. The molecule has 1 heterocycles. The number of H-pyrrole nitrogens is 1. The third kappa shape index (κ3) is 3.48. The lowest BCUT2D eigenvalue weighted by Crippen LogP contribution is -2.22. The van der Waals surface area contributed by atoms with Crippen LogP contribution in [0, 0.1) is 0 Å². The van der Waals surface area contributed by atoms with Crippen LogP contribution in [0.2, 0.25) is 0 Å². The maximum absolute atomic E-state index is 11.5. The van der Waals surface area contributed by atoms with Crippen LogP contribution >= 0.6 is 0 Å². The first-order valence-electron chi connectivity index (χ1n) is 5.02. The average molecular weight is 283 g/mol. The van der Waals surface area contributed by atoms with Gasteiger partial charge in [-0.2, -0.15) is 5.21 Å². The number of carboxylic acids is 1. The normalized spacial score (nSPS) is 11.2. The fraction of sp³-hybridized carbons (Fsp3) is 0.111. The van der Waals surface area contributed by atoms with E-state index in [1.165, 1.54) is 12.1 Å². The lowest BCUT2D eigenvalue weighted by atomic mass is 10.2. The monoisotopic (exact) mass is 283 g/mol. The summed E-state index contributed by atoms with van der Waals surface area (Å²) in [4.78, 5) is 10.4. The van der Waals surface area contributed by atoms with E-state index in [1.54, 1.807) is 12.1 Å². The van der Waals surface area contributed by atoms with Crippen molar-refractivity contribution < 1.29 is 18.3 Å². The Balaban J connectivity index is 2.23. The van der Waals surface area contributed by atoms with E-state index in [-0.39, 0.29) is 5.69 Å². The predicted molar refractivity (Wildman–Crippen MR) is 64.7 cm³/mol. The molecule has 2 rings (SSSR count). The van der Waals surface area contributed by atoms with Crippen LogP contribution in [0.25, 0.3) is 11.4 Å². The first-order valence-corrected chi connectivity index (χ1v) is 6.68. The number of hydrogen-bond donors (Lipinski definition) is 3. The van der Waals surface area contributed by atoms with Gasteiger partial charge in [0.25, 0.3) is 0 Å². The van der Waals surface area contributed by atoms with E-state index in [0.29, 0.717) is 11.4 Å². The topological polar surface area (TPSA) is 138 Å². The second-order valence-corrected chi connectivity index (χ2v) is 5.29. The molecule has 1 aromatic carbocycles. The van der Waals surface area contributed by atoms with Gasteiger partial charge in [-0.15, -0.1) is 10.2 Å². The van der Waals surface area contributed by atoms with Crippen molar-refractivity contribution in [2.24, 2.45) is 0 Å². The minimum atomic E-state index is -3.93. The fourth-order valence-electron chi connectivity index (χ4n) is 1.38. The first-order chi connectivity index (χ1) is 8.96. The number of benzene rings is 1. The summed E-state index contributed by atoms with van der Waals surface area (Å²) in [6.45, 7) is 0. The van der Waals surface area contributed by atoms with E-state index in [2.05, 4.69) is 25.3 Å². The van der Waals surface area contributed by atoms with Gasteiger partial charge in [0.2, 0.25) is 15.8 Å². The summed E-state index contributed by atoms with van der Waals surface area (Å²) in [6, 6.07) is 6.22. The standard InChI is InChI=1S/C9H9N5O4S/c15-8(16)5-19(17,18)12-7-3-1-2-6(4-7)9-10-13-14-11-9/h1-4,12H,5H2,(H,15,16)(H,10,11,13,14). The Morgan fingerprint density at radius 3 is 2.84 bits per heavy atom. The molecule has 100 valence electrons. The molecular weight excluding hydrogens is 274 g/mol. The van der Waals surface area contributed by atoms with Gasteiger partial charge < -0.3 is 5.11 Å². The Kier molecular flexibility index (Phi) is 3.42. The zero-order valence-electron chi connectivity index (χ0n) is 9.44. The number of nitrogens with one attached hydrogen (secondary N) is 2. The Hall–Kier alpha value is -2.49. The molecule has 0 spiro atoms. The van der Waals surface area contributed by atoms with Crippen molar-refractivity contribution >= 4 is 21.7 Å². The predicted octanol–water partition coefficient (Wildman–Crippen LogP) is -0.307. The van der Waals surface area contributed by atoms with E-state index in [0.717, 1.165) is 0 Å². The lowest BCUT2D eigenvalue weighted by Gasteiger charge is -2.06. The molecule has 0 aliphatic heterocycles. The van der Waals surface area contributed by atoms with Crippen molar-refractivity contribution in [1.82, 2.24) is 20.6 Å². The number of aromatic nitrogens is 4. The van der Waals surface area contributed by atoms with Gasteiger partial charge in [0.1, 0.15) is 0 Å². The SMILES string of the molecule is O=C(O)CS(=O)(=O)Nc1cccc(-c2nn[nH]n2)c1. The molecule has 0 fully saturated rings. The molecule has 1 aromatic heterocycles. The molecule has 0 aliphatic carbocycles. The van der Waals surface area contributed by atoms with Crippen molar-refractivity contribution in [2.75, 3.05) is 10.5 Å². The third-order valence-electron chi connectivity index (χ3n) is 2.05. The van der Waals surface area contributed by atoms with Gasteiger partial charge in [-0.3, -0.25) is 9.52 Å². The molecule has 2 aromatic rings. The summed E-state index contributed by atoms with van der Waals surface area (Å²) < 4.78 is 25.1. The van der Waals surface area contributed by atoms with Gasteiger partial charge in [-0.1, -0.05) is 12.1 Å². The number of anilines is 1. The van der Waals surface area contributed by atoms with Crippen molar-refractivity contribution in [3.8, 4) is 11.4 Å². The number of aromatic amines is 1. The van der Waals surface area contributed by atoms with Crippen molar-refractivity contribution in [3.63, 3.8) is 0 Å². The highest BCUT2D eigenvalue weighted by Gasteiger charge is 2.16. The van der Waals surface area contributed by atoms with Gasteiger partial charge >= 0.3 is 5.97 Å². The Labute approximate surface area is 107 Å². The number of carboxylic acid groups (broad SMARTS) is 1. The average Bonchev–Trinajstić information content (AvgIpc) is 2.79. The number of carbonyl (C=O) groups is 1. The number of nitrogens with zero attached hydrogens (tertiary/aromatic N) is 3. The molecule has 0 radical (unpaired) electrons. The number of hydrogen-bond acceptors (Lipinski definition) is 6. The molecular formula is C9H9N5O4S. The van der Waals surface area contributed by atoms with Crippen LogP contribution in [0.4, 0.5) is 5.69 Å². The molecule has 9 nitrogen and oxygen atoms in total. The van der Waals surface area contributed by atoms with Crippen LogP contribution in [-0.2, 0) is 14.8 Å². The van der Waals surface area contributed by atoms with Crippen molar-refractivity contribution in [3.05, 3.63) is 24.3 Å². The van der Waals surface area contributed by atoms with E-state index in [9.17, 15) is 13.2 Å². The lowest BCUT2D eigenvalue weighted by molar-refractivity contribution is -0.134. The molecule has 19 heavy (non-hydrogen) atoms. The summed E-state index contributed by atoms with van der Waals surface area (Å²) in [5.74, 6) is -2.12. The van der Waals surface area contributed by atoms with Crippen LogP contribution in [-0.4, -0.2) is 45.9 Å². The van der Waals surface area contributed by atoms with E-state index in [1.807, 2.05) is 0 Å². The number of tetrazole rings is 1. The van der Waals surface area contributed by atoms with E-state index < -0.39 is 21.7 Å². The van der Waals surface area contributed by atoms with Gasteiger partial charge in [0.05, 0.1) is 0 Å². The molecule has 0 amide bonds. The molecule has 0 saturated heterocycles. The number of rotatable bonds is 5. The Morgan fingerprint density at radius 1 is 1.42 bits per heavy atom. The Morgan fingerprint density at radius 2 is 2.21 bits per heavy atom. The smallest absolute Gasteiger partial charge is 0.320 e. The van der Waals surface area contributed by atoms with Gasteiger partial charge in [-0.05, 0) is 17.3 Å². The second kappa shape index (κ2) is 5.02. The Bertz CT molecular complexity index is 682. The molecule has 3 N–H and O–H groups in total. The largest absolute Gasteiger partial charge is 0.480 e. The van der Waals surface area contributed by atoms with E-state index >= 15 is 0 Å². The summed E-state index contributed by atoms with van der Waals surface area (Å²) >= 11 is 0. The zero-order valence-corrected chi connectivity index (χ0v) is 10.3. The number of sulfonamides is 1. The third-order valence-corrected chi connectivity index (χ3v) is 3.23. The fourth-order valence-corrected chi connectivity index (χ4v) is 2.27. The van der Waals surface area contributed by atoms with Crippen LogP contribution in [0.3, 0.4) is 0 Å². The van der Waals surface area contributed by atoms with Gasteiger partial charge in [0, 0.05) is 11.3 Å². The zero-order chi connectivity index (χ0) is 13.9. The maximum atomic E-state index is 11.5. The quantitative estimate of drug-likeness (QED) is 0.684. The minimum absolute atomic E-state index is 0.226. The highest BCUT2D eigenvalue weighted by Crippen LogP contribution is 2.19. The highest BCUT2D eigenvalue weighted by atomic mass is 32.2. The minimum Gasteiger partial charge on any atom is -0.480 e. The molecule has 0 bridgehead atoms. The van der Waals surface area contributed by atoms with Crippen LogP contribution < -0.4 is 4.72 Å². The van der Waals surface area contributed by atoms with Crippen LogP contribution in [0.1, 0.15) is 0 Å². The molecule has 0 unspecified atom stereocenters. The molecule has 0 saturated carbocycles. The molecule has 0 atom stereocenters. The molecule has 10 heteroatoms. The summed E-state index contributed by atoms with van der Waals surface area (Å²) in [5.41, 5.74) is 0.771. The van der Waals surface area contributed by atoms with Crippen molar-refractivity contribution in [1.29, 1.82) is 0 Å². The summed E-state index contributed by atoms with van der Waals surface area (Å²) in [7, 11) is -3.93. The molecule has 0 aliphatic rings.